The van der Waals surface area contributed by atoms with Crippen LogP contribution in [0.25, 0.3) is 0 Å². The molecule has 1 aromatic carbocycles. The molecule has 0 radical (unpaired) electrons. The third-order valence-corrected chi connectivity index (χ3v) is 5.34. The second-order valence-corrected chi connectivity index (χ2v) is 7.30. The smallest absolute Gasteiger partial charge is 0.261 e. The molecule has 0 spiro atoms. The van der Waals surface area contributed by atoms with Crippen LogP contribution in [0.2, 0.25) is 0 Å². The zero-order chi connectivity index (χ0) is 18.8. The summed E-state index contributed by atoms with van der Waals surface area (Å²) >= 11 is 0. The van der Waals surface area contributed by atoms with Crippen LogP contribution >= 0.6 is 0 Å². The summed E-state index contributed by atoms with van der Waals surface area (Å²) in [6.07, 6.45) is 5.00. The van der Waals surface area contributed by atoms with Gasteiger partial charge in [0.25, 0.3) is 11.5 Å². The standard InChI is InChI=1S/C21H23N3O3/c25-19-13-24(14-23(19)12-15-7-3-1-4-8-15)21(27)17-11-16-9-5-2-6-10-18(16)22-20(17)26/h1,3-4,7-8,11H,2,5-6,9-10,12-14H2,(H,22,26). The molecule has 0 unspecified atom stereocenters. The van der Waals surface area contributed by atoms with Crippen molar-refractivity contribution in [3.63, 3.8) is 0 Å². The minimum absolute atomic E-state index is 0.0161. The molecule has 0 bridgehead atoms. The minimum Gasteiger partial charge on any atom is -0.325 e. The van der Waals surface area contributed by atoms with E-state index in [1.807, 2.05) is 30.3 Å². The number of fused-ring (bicyclic) bond motifs is 1. The molecule has 2 aliphatic rings. The van der Waals surface area contributed by atoms with Gasteiger partial charge in [0.2, 0.25) is 5.91 Å². The molecule has 0 atom stereocenters. The molecule has 6 heteroatoms. The Balaban J connectivity index is 1.52. The Morgan fingerprint density at radius 2 is 1.81 bits per heavy atom. The van der Waals surface area contributed by atoms with Gasteiger partial charge in [-0.2, -0.15) is 0 Å². The molecule has 2 amide bonds. The number of hydrogen-bond donors (Lipinski definition) is 1. The molecule has 140 valence electrons. The number of rotatable bonds is 3. The summed E-state index contributed by atoms with van der Waals surface area (Å²) in [5, 5.41) is 0. The van der Waals surface area contributed by atoms with Crippen molar-refractivity contribution >= 4 is 11.8 Å². The third kappa shape index (κ3) is 3.65. The Morgan fingerprint density at radius 1 is 1.04 bits per heavy atom. The van der Waals surface area contributed by atoms with E-state index in [1.54, 1.807) is 11.0 Å². The number of aromatic amines is 1. The Hall–Kier alpha value is -2.89. The molecular formula is C21H23N3O3. The largest absolute Gasteiger partial charge is 0.325 e. The van der Waals surface area contributed by atoms with E-state index in [1.165, 1.54) is 4.90 Å². The maximum Gasteiger partial charge on any atom is 0.261 e. The number of H-pyrrole nitrogens is 1. The normalized spacial score (nSPS) is 17.0. The van der Waals surface area contributed by atoms with Crippen LogP contribution in [0.15, 0.2) is 41.2 Å². The number of amides is 2. The van der Waals surface area contributed by atoms with Crippen LogP contribution < -0.4 is 5.56 Å². The highest BCUT2D eigenvalue weighted by atomic mass is 16.2. The SMILES string of the molecule is O=C1CN(C(=O)c2cc3c([nH]c2=O)CCCCC3)CN1Cc1ccccc1. The summed E-state index contributed by atoms with van der Waals surface area (Å²) in [6.45, 7) is 0.690. The molecule has 1 aromatic heterocycles. The highest BCUT2D eigenvalue weighted by Crippen LogP contribution is 2.20. The van der Waals surface area contributed by atoms with Crippen molar-refractivity contribution in [3.8, 4) is 0 Å². The second-order valence-electron chi connectivity index (χ2n) is 7.30. The van der Waals surface area contributed by atoms with E-state index in [2.05, 4.69) is 4.98 Å². The number of hydrogen-bond acceptors (Lipinski definition) is 3. The topological polar surface area (TPSA) is 73.5 Å². The van der Waals surface area contributed by atoms with E-state index in [0.717, 1.165) is 48.9 Å². The number of pyridine rings is 1. The zero-order valence-corrected chi connectivity index (χ0v) is 15.2. The van der Waals surface area contributed by atoms with Gasteiger partial charge in [0, 0.05) is 12.2 Å². The molecule has 27 heavy (non-hydrogen) atoms. The van der Waals surface area contributed by atoms with E-state index in [0.29, 0.717) is 6.54 Å². The monoisotopic (exact) mass is 365 g/mol. The minimum atomic E-state index is -0.368. The average Bonchev–Trinajstić information content (AvgIpc) is 2.88. The lowest BCUT2D eigenvalue weighted by molar-refractivity contribution is -0.127. The molecule has 1 aliphatic heterocycles. The summed E-state index contributed by atoms with van der Waals surface area (Å²) in [6, 6.07) is 11.4. The number of nitrogens with zero attached hydrogens (tertiary/aromatic N) is 2. The number of aromatic nitrogens is 1. The van der Waals surface area contributed by atoms with Crippen molar-refractivity contribution in [2.75, 3.05) is 13.2 Å². The van der Waals surface area contributed by atoms with Crippen LogP contribution in [0.5, 0.6) is 0 Å². The fourth-order valence-corrected chi connectivity index (χ4v) is 3.86. The van der Waals surface area contributed by atoms with Gasteiger partial charge in [-0.05, 0) is 42.9 Å². The first-order chi connectivity index (χ1) is 13.1. The molecule has 2 heterocycles. The highest BCUT2D eigenvalue weighted by Gasteiger charge is 2.32. The van der Waals surface area contributed by atoms with E-state index in [4.69, 9.17) is 0 Å². The summed E-state index contributed by atoms with van der Waals surface area (Å²) in [4.78, 5) is 43.7. The van der Waals surface area contributed by atoms with Crippen molar-refractivity contribution < 1.29 is 9.59 Å². The number of benzene rings is 1. The lowest BCUT2D eigenvalue weighted by Crippen LogP contribution is -2.35. The Bertz CT molecular complexity index is 920. The summed E-state index contributed by atoms with van der Waals surface area (Å²) in [5.41, 5.74) is 2.82. The van der Waals surface area contributed by atoms with Crippen LogP contribution in [-0.4, -0.2) is 39.8 Å². The summed E-state index contributed by atoms with van der Waals surface area (Å²) in [7, 11) is 0. The first kappa shape index (κ1) is 17.5. The lowest BCUT2D eigenvalue weighted by atomic mass is 10.1. The van der Waals surface area contributed by atoms with Crippen LogP contribution in [0, 0.1) is 0 Å². The van der Waals surface area contributed by atoms with Gasteiger partial charge in [-0.1, -0.05) is 36.8 Å². The van der Waals surface area contributed by atoms with Gasteiger partial charge in [-0.3, -0.25) is 14.4 Å². The molecule has 1 saturated heterocycles. The molecular weight excluding hydrogens is 342 g/mol. The number of aryl methyl sites for hydroxylation is 2. The zero-order valence-electron chi connectivity index (χ0n) is 15.2. The molecule has 0 saturated carbocycles. The highest BCUT2D eigenvalue weighted by molar-refractivity contribution is 5.97. The number of nitrogens with one attached hydrogen (secondary N) is 1. The predicted molar refractivity (Wildman–Crippen MR) is 101 cm³/mol. The Morgan fingerprint density at radius 3 is 2.63 bits per heavy atom. The Kier molecular flexibility index (Phi) is 4.79. The second kappa shape index (κ2) is 7.39. The lowest BCUT2D eigenvalue weighted by Gasteiger charge is -2.18. The number of carbonyl (C=O) groups excluding carboxylic acids is 2. The predicted octanol–water partition coefficient (Wildman–Crippen LogP) is 2.09. The fraction of sp³-hybridized carbons (Fsp3) is 0.381. The van der Waals surface area contributed by atoms with Gasteiger partial charge in [0.05, 0.1) is 6.67 Å². The molecule has 4 rings (SSSR count). The van der Waals surface area contributed by atoms with Gasteiger partial charge in [0.1, 0.15) is 12.1 Å². The maximum atomic E-state index is 12.9. The van der Waals surface area contributed by atoms with Crippen LogP contribution in [-0.2, 0) is 24.2 Å². The van der Waals surface area contributed by atoms with Gasteiger partial charge >= 0.3 is 0 Å². The third-order valence-electron chi connectivity index (χ3n) is 5.34. The average molecular weight is 365 g/mol. The van der Waals surface area contributed by atoms with Crippen molar-refractivity contribution in [1.82, 2.24) is 14.8 Å². The van der Waals surface area contributed by atoms with Crippen LogP contribution in [0.1, 0.15) is 46.4 Å². The van der Waals surface area contributed by atoms with Gasteiger partial charge < -0.3 is 14.8 Å². The van der Waals surface area contributed by atoms with Gasteiger partial charge in [-0.25, -0.2) is 0 Å². The molecule has 1 fully saturated rings. The molecule has 6 nitrogen and oxygen atoms in total. The summed E-state index contributed by atoms with van der Waals surface area (Å²) < 4.78 is 0. The van der Waals surface area contributed by atoms with Crippen molar-refractivity contribution in [2.45, 2.75) is 38.6 Å². The van der Waals surface area contributed by atoms with Crippen LogP contribution in [0.4, 0.5) is 0 Å². The van der Waals surface area contributed by atoms with Crippen LogP contribution in [0.3, 0.4) is 0 Å². The molecule has 2 aromatic rings. The first-order valence-electron chi connectivity index (χ1n) is 9.48. The van der Waals surface area contributed by atoms with Gasteiger partial charge in [0.15, 0.2) is 0 Å². The van der Waals surface area contributed by atoms with E-state index >= 15 is 0 Å². The summed E-state index contributed by atoms with van der Waals surface area (Å²) in [5.74, 6) is -0.467. The van der Waals surface area contributed by atoms with Crippen molar-refractivity contribution in [1.29, 1.82) is 0 Å². The van der Waals surface area contributed by atoms with Gasteiger partial charge in [-0.15, -0.1) is 0 Å². The van der Waals surface area contributed by atoms with E-state index in [9.17, 15) is 14.4 Å². The van der Waals surface area contributed by atoms with E-state index < -0.39 is 0 Å². The van der Waals surface area contributed by atoms with Crippen molar-refractivity contribution in [2.24, 2.45) is 0 Å². The fourth-order valence-electron chi connectivity index (χ4n) is 3.86. The Labute approximate surface area is 157 Å². The molecule has 1 aliphatic carbocycles. The van der Waals surface area contributed by atoms with E-state index in [-0.39, 0.29) is 36.2 Å². The maximum absolute atomic E-state index is 12.9. The quantitative estimate of drug-likeness (QED) is 0.847. The van der Waals surface area contributed by atoms with Crippen molar-refractivity contribution in [3.05, 3.63) is 69.1 Å². The number of carbonyl (C=O) groups is 2. The first-order valence-corrected chi connectivity index (χ1v) is 9.48. The molecule has 1 N–H and O–H groups in total.